The van der Waals surface area contributed by atoms with Crippen molar-refractivity contribution in [3.05, 3.63) is 23.8 Å². The van der Waals surface area contributed by atoms with Gasteiger partial charge in [0.2, 0.25) is 0 Å². The summed E-state index contributed by atoms with van der Waals surface area (Å²) in [6.45, 7) is 8.29. The molecule has 184 valence electrons. The molecule has 2 N–H and O–H groups in total. The summed E-state index contributed by atoms with van der Waals surface area (Å²) in [6, 6.07) is 0. The Hall–Kier alpha value is -1.78. The van der Waals surface area contributed by atoms with Gasteiger partial charge in [0.05, 0.1) is 19.2 Å². The third-order valence-electron chi connectivity index (χ3n) is 10.3. The maximum Gasteiger partial charge on any atom is 0.178 e. The standard InChI is InChI=1S/C28H38N2O4/c1-4-11-29-12-14-30(15-13-29)18-24(33)28(34)10-8-22-21-6-5-19-16-20(31)7-9-26(19,2)25(21)23(32)17-27(22,28)3/h1,7,9,16,21-23,25,32,34H,5-6,8,10-15,17-18H2,2-3H3/t21?,22?,23-,25?,26?,27?,28-/m0/s1. The number of rotatable bonds is 4. The monoisotopic (exact) mass is 466 g/mol. The first-order valence-corrected chi connectivity index (χ1v) is 12.9. The molecule has 0 radical (unpaired) electrons. The Kier molecular flexibility index (Phi) is 5.92. The van der Waals surface area contributed by atoms with Gasteiger partial charge >= 0.3 is 0 Å². The predicted octanol–water partition coefficient (Wildman–Crippen LogP) is 1.82. The number of hydrogen-bond donors (Lipinski definition) is 2. The van der Waals surface area contributed by atoms with Gasteiger partial charge in [-0.1, -0.05) is 31.4 Å². The largest absolute Gasteiger partial charge is 0.393 e. The molecule has 0 aromatic heterocycles. The van der Waals surface area contributed by atoms with Crippen molar-refractivity contribution in [3.63, 3.8) is 0 Å². The zero-order chi connectivity index (χ0) is 24.3. The number of ketones is 2. The Bertz CT molecular complexity index is 973. The molecule has 34 heavy (non-hydrogen) atoms. The molecule has 0 amide bonds. The number of aliphatic hydroxyl groups is 2. The molecule has 1 aliphatic heterocycles. The zero-order valence-electron chi connectivity index (χ0n) is 20.5. The number of nitrogens with zero attached hydrogens (tertiary/aromatic N) is 2. The van der Waals surface area contributed by atoms with Gasteiger partial charge in [0.25, 0.3) is 0 Å². The van der Waals surface area contributed by atoms with Crippen LogP contribution in [0.2, 0.25) is 0 Å². The van der Waals surface area contributed by atoms with E-state index in [-0.39, 0.29) is 41.3 Å². The average molecular weight is 467 g/mol. The van der Waals surface area contributed by atoms with Crippen molar-refractivity contribution in [1.29, 1.82) is 0 Å². The Labute approximate surface area is 203 Å². The molecule has 0 aromatic rings. The highest BCUT2D eigenvalue weighted by atomic mass is 16.3. The fourth-order valence-electron chi connectivity index (χ4n) is 8.36. The van der Waals surface area contributed by atoms with E-state index in [1.54, 1.807) is 12.2 Å². The average Bonchev–Trinajstić information content (AvgIpc) is 3.07. The van der Waals surface area contributed by atoms with E-state index in [1.165, 1.54) is 0 Å². The summed E-state index contributed by atoms with van der Waals surface area (Å²) < 4.78 is 0. The summed E-state index contributed by atoms with van der Waals surface area (Å²) in [5, 5.41) is 23.4. The van der Waals surface area contributed by atoms with E-state index in [0.717, 1.165) is 51.0 Å². The first-order valence-electron chi connectivity index (χ1n) is 12.9. The van der Waals surface area contributed by atoms with Crippen LogP contribution in [0, 0.1) is 40.9 Å². The number of allylic oxidation sites excluding steroid dienone is 4. The van der Waals surface area contributed by atoms with Gasteiger partial charge in [0.1, 0.15) is 5.60 Å². The van der Waals surface area contributed by atoms with Gasteiger partial charge in [-0.2, -0.15) is 0 Å². The van der Waals surface area contributed by atoms with E-state index in [1.807, 2.05) is 13.0 Å². The fraction of sp³-hybridized carbons (Fsp3) is 0.714. The highest BCUT2D eigenvalue weighted by molar-refractivity contribution is 6.01. The van der Waals surface area contributed by atoms with Gasteiger partial charge in [-0.3, -0.25) is 19.4 Å². The van der Waals surface area contributed by atoms with Crippen LogP contribution in [0.1, 0.15) is 46.0 Å². The molecule has 5 unspecified atom stereocenters. The van der Waals surface area contributed by atoms with Crippen molar-refractivity contribution in [2.45, 2.75) is 57.7 Å². The number of fused-ring (bicyclic) bond motifs is 5. The number of Topliss-reactive ketones (excluding diaryl/α,β-unsaturated/α-hetero) is 1. The summed E-state index contributed by atoms with van der Waals surface area (Å²) in [5.41, 5.74) is -1.26. The van der Waals surface area contributed by atoms with E-state index in [0.29, 0.717) is 19.4 Å². The van der Waals surface area contributed by atoms with E-state index in [4.69, 9.17) is 6.42 Å². The molecule has 6 heteroatoms. The number of carbonyl (C=O) groups excluding carboxylic acids is 2. The molecule has 1 heterocycles. The van der Waals surface area contributed by atoms with Crippen molar-refractivity contribution < 1.29 is 19.8 Å². The summed E-state index contributed by atoms with van der Waals surface area (Å²) in [4.78, 5) is 30.0. The van der Waals surface area contributed by atoms with Crippen LogP contribution in [0.25, 0.3) is 0 Å². The molecule has 0 bridgehead atoms. The lowest BCUT2D eigenvalue weighted by Crippen LogP contribution is -2.62. The highest BCUT2D eigenvalue weighted by Crippen LogP contribution is 2.67. The molecule has 4 aliphatic carbocycles. The molecule has 0 spiro atoms. The first-order chi connectivity index (χ1) is 16.1. The van der Waals surface area contributed by atoms with Crippen LogP contribution in [-0.2, 0) is 9.59 Å². The van der Waals surface area contributed by atoms with Gasteiger partial charge in [-0.25, -0.2) is 0 Å². The molecular weight excluding hydrogens is 428 g/mol. The van der Waals surface area contributed by atoms with Crippen LogP contribution in [0.4, 0.5) is 0 Å². The van der Waals surface area contributed by atoms with Crippen LogP contribution >= 0.6 is 0 Å². The van der Waals surface area contributed by atoms with Crippen LogP contribution in [0.15, 0.2) is 23.8 Å². The first kappa shape index (κ1) is 23.9. The Morgan fingerprint density at radius 2 is 1.91 bits per heavy atom. The second kappa shape index (κ2) is 8.41. The Morgan fingerprint density at radius 1 is 1.21 bits per heavy atom. The number of hydrogen-bond acceptors (Lipinski definition) is 6. The van der Waals surface area contributed by atoms with Crippen molar-refractivity contribution in [3.8, 4) is 12.3 Å². The predicted molar refractivity (Wildman–Crippen MR) is 130 cm³/mol. The number of aliphatic hydroxyl groups excluding tert-OH is 1. The van der Waals surface area contributed by atoms with E-state index >= 15 is 0 Å². The fourth-order valence-corrected chi connectivity index (χ4v) is 8.36. The SMILES string of the molecule is C#CCN1CCN(CC(=O)[C@@]2(O)CCC3C4CCC5=CC(=O)C=CC5(C)C4[C@@H](O)CC32C)CC1. The topological polar surface area (TPSA) is 81.1 Å². The lowest BCUT2D eigenvalue weighted by molar-refractivity contribution is -0.177. The molecule has 7 atom stereocenters. The molecule has 4 fully saturated rings. The van der Waals surface area contributed by atoms with Gasteiger partial charge < -0.3 is 10.2 Å². The Balaban J connectivity index is 1.35. The minimum absolute atomic E-state index is 0.0107. The summed E-state index contributed by atoms with van der Waals surface area (Å²) >= 11 is 0. The number of terminal acetylenes is 1. The third-order valence-corrected chi connectivity index (χ3v) is 10.3. The summed E-state index contributed by atoms with van der Waals surface area (Å²) in [7, 11) is 0. The molecular formula is C28H38N2O4. The number of piperazine rings is 1. The van der Waals surface area contributed by atoms with Crippen LogP contribution in [0.5, 0.6) is 0 Å². The van der Waals surface area contributed by atoms with E-state index in [2.05, 4.69) is 22.6 Å². The minimum atomic E-state index is -1.41. The van der Waals surface area contributed by atoms with Crippen molar-refractivity contribution in [2.75, 3.05) is 39.3 Å². The normalized spacial score (nSPS) is 44.6. The zero-order valence-corrected chi connectivity index (χ0v) is 20.5. The van der Waals surface area contributed by atoms with Gasteiger partial charge in [-0.15, -0.1) is 6.42 Å². The summed E-state index contributed by atoms with van der Waals surface area (Å²) in [5.74, 6) is 3.04. The lowest BCUT2D eigenvalue weighted by atomic mass is 9.46. The van der Waals surface area contributed by atoms with Gasteiger partial charge in [-0.05, 0) is 56.1 Å². The smallest absolute Gasteiger partial charge is 0.178 e. The molecule has 6 nitrogen and oxygen atoms in total. The highest BCUT2D eigenvalue weighted by Gasteiger charge is 2.68. The van der Waals surface area contributed by atoms with Crippen LogP contribution in [-0.4, -0.2) is 82.6 Å². The minimum Gasteiger partial charge on any atom is -0.393 e. The number of carbonyl (C=O) groups is 2. The van der Waals surface area contributed by atoms with Gasteiger partial charge in [0.15, 0.2) is 11.6 Å². The molecule has 0 aromatic carbocycles. The van der Waals surface area contributed by atoms with E-state index < -0.39 is 17.1 Å². The second-order valence-electron chi connectivity index (χ2n) is 11.8. The van der Waals surface area contributed by atoms with Crippen molar-refractivity contribution in [1.82, 2.24) is 9.80 Å². The molecule has 1 saturated heterocycles. The van der Waals surface area contributed by atoms with Crippen LogP contribution < -0.4 is 0 Å². The maximum atomic E-state index is 13.6. The van der Waals surface area contributed by atoms with Crippen molar-refractivity contribution >= 4 is 11.6 Å². The molecule has 5 rings (SSSR count). The molecule has 5 aliphatic rings. The molecule has 3 saturated carbocycles. The van der Waals surface area contributed by atoms with E-state index in [9.17, 15) is 19.8 Å². The second-order valence-corrected chi connectivity index (χ2v) is 11.8. The third kappa shape index (κ3) is 3.47. The summed E-state index contributed by atoms with van der Waals surface area (Å²) in [6.07, 6.45) is 13.6. The van der Waals surface area contributed by atoms with Crippen molar-refractivity contribution in [2.24, 2.45) is 28.6 Å². The van der Waals surface area contributed by atoms with Gasteiger partial charge in [0, 0.05) is 42.9 Å². The quantitative estimate of drug-likeness (QED) is 0.615. The van der Waals surface area contributed by atoms with Crippen LogP contribution in [0.3, 0.4) is 0 Å². The maximum absolute atomic E-state index is 13.6. The Morgan fingerprint density at radius 3 is 2.62 bits per heavy atom. The lowest BCUT2D eigenvalue weighted by Gasteiger charge is -2.59.